The lowest BCUT2D eigenvalue weighted by molar-refractivity contribution is 1.24. The SMILES string of the molecule is c1ccc2c(c1)cc1c3ncccc3c3nc4ccccc4nc3n21. The third kappa shape index (κ3) is 1.63. The fraction of sp³-hybridized carbons (Fsp3) is 0. The van der Waals surface area contributed by atoms with Crippen molar-refractivity contribution in [1.29, 1.82) is 0 Å². The number of nitrogens with zero attached hydrogens (tertiary/aromatic N) is 4. The van der Waals surface area contributed by atoms with Gasteiger partial charge in [-0.2, -0.15) is 0 Å². The Hall–Kier alpha value is -3.53. The van der Waals surface area contributed by atoms with Crippen LogP contribution in [-0.4, -0.2) is 19.4 Å². The summed E-state index contributed by atoms with van der Waals surface area (Å²) in [7, 11) is 0. The number of para-hydroxylation sites is 3. The molecule has 0 aliphatic carbocycles. The summed E-state index contributed by atoms with van der Waals surface area (Å²) in [6.07, 6.45) is 1.83. The molecule has 0 bridgehead atoms. The Morgan fingerprint density at radius 3 is 2.40 bits per heavy atom. The largest absolute Gasteiger partial charge is 0.290 e. The van der Waals surface area contributed by atoms with Gasteiger partial charge in [0.2, 0.25) is 0 Å². The summed E-state index contributed by atoms with van der Waals surface area (Å²) >= 11 is 0. The lowest BCUT2D eigenvalue weighted by atomic mass is 10.2. The van der Waals surface area contributed by atoms with Gasteiger partial charge in [0.1, 0.15) is 5.52 Å². The van der Waals surface area contributed by atoms with Crippen molar-refractivity contribution in [2.45, 2.75) is 0 Å². The van der Waals surface area contributed by atoms with Gasteiger partial charge in [-0.3, -0.25) is 9.38 Å². The van der Waals surface area contributed by atoms with Crippen molar-refractivity contribution in [2.24, 2.45) is 0 Å². The van der Waals surface area contributed by atoms with Gasteiger partial charge in [0.25, 0.3) is 0 Å². The average molecular weight is 320 g/mol. The van der Waals surface area contributed by atoms with Crippen LogP contribution in [0, 0.1) is 0 Å². The Labute approximate surface area is 142 Å². The van der Waals surface area contributed by atoms with Crippen molar-refractivity contribution in [3.05, 3.63) is 72.9 Å². The van der Waals surface area contributed by atoms with E-state index in [9.17, 15) is 0 Å². The van der Waals surface area contributed by atoms with Crippen molar-refractivity contribution in [3.63, 3.8) is 0 Å². The Kier molecular flexibility index (Phi) is 2.32. The zero-order valence-corrected chi connectivity index (χ0v) is 13.2. The molecule has 116 valence electrons. The highest BCUT2D eigenvalue weighted by Crippen LogP contribution is 2.32. The van der Waals surface area contributed by atoms with Gasteiger partial charge in [0.15, 0.2) is 5.65 Å². The molecule has 4 aromatic heterocycles. The predicted molar refractivity (Wildman–Crippen MR) is 101 cm³/mol. The van der Waals surface area contributed by atoms with Gasteiger partial charge in [-0.1, -0.05) is 30.3 Å². The van der Waals surface area contributed by atoms with Gasteiger partial charge in [-0.25, -0.2) is 9.97 Å². The van der Waals surface area contributed by atoms with Crippen LogP contribution in [0.3, 0.4) is 0 Å². The molecule has 4 heteroatoms. The smallest absolute Gasteiger partial charge is 0.165 e. The second-order valence-corrected chi connectivity index (χ2v) is 6.21. The molecule has 6 rings (SSSR count). The quantitative estimate of drug-likeness (QED) is 0.300. The molecule has 0 atom stereocenters. The first-order valence-corrected chi connectivity index (χ1v) is 8.23. The summed E-state index contributed by atoms with van der Waals surface area (Å²) in [5.41, 5.74) is 6.70. The van der Waals surface area contributed by atoms with Crippen LogP contribution >= 0.6 is 0 Å². The van der Waals surface area contributed by atoms with Crippen LogP contribution in [0.15, 0.2) is 72.9 Å². The van der Waals surface area contributed by atoms with Crippen LogP contribution < -0.4 is 0 Å². The minimum atomic E-state index is 0.871. The molecule has 4 heterocycles. The van der Waals surface area contributed by atoms with E-state index < -0.39 is 0 Å². The van der Waals surface area contributed by atoms with Crippen molar-refractivity contribution in [1.82, 2.24) is 19.4 Å². The normalized spacial score (nSPS) is 12.0. The van der Waals surface area contributed by atoms with Gasteiger partial charge in [-0.15, -0.1) is 0 Å². The van der Waals surface area contributed by atoms with E-state index >= 15 is 0 Å². The molecular weight excluding hydrogens is 308 g/mol. The lowest BCUT2D eigenvalue weighted by Crippen LogP contribution is -1.97. The fourth-order valence-electron chi connectivity index (χ4n) is 3.69. The third-order valence-electron chi connectivity index (χ3n) is 4.78. The summed E-state index contributed by atoms with van der Waals surface area (Å²) in [5, 5.41) is 2.21. The monoisotopic (exact) mass is 320 g/mol. The van der Waals surface area contributed by atoms with Gasteiger partial charge in [-0.05, 0) is 36.4 Å². The molecule has 0 aliphatic heterocycles. The van der Waals surface area contributed by atoms with Crippen molar-refractivity contribution in [3.8, 4) is 0 Å². The molecule has 0 radical (unpaired) electrons. The highest BCUT2D eigenvalue weighted by Gasteiger charge is 2.15. The Bertz CT molecular complexity index is 1450. The molecule has 0 fully saturated rings. The van der Waals surface area contributed by atoms with E-state index in [0.717, 1.165) is 44.1 Å². The third-order valence-corrected chi connectivity index (χ3v) is 4.78. The molecular formula is C21H12N4. The van der Waals surface area contributed by atoms with Crippen LogP contribution in [0.25, 0.3) is 49.5 Å². The first kappa shape index (κ1) is 12.8. The number of hydrogen-bond acceptors (Lipinski definition) is 3. The average Bonchev–Trinajstić information content (AvgIpc) is 3.07. The van der Waals surface area contributed by atoms with E-state index in [2.05, 4.69) is 45.8 Å². The zero-order valence-electron chi connectivity index (χ0n) is 13.2. The van der Waals surface area contributed by atoms with E-state index in [1.54, 1.807) is 0 Å². The summed E-state index contributed by atoms with van der Waals surface area (Å²) in [6.45, 7) is 0. The molecule has 25 heavy (non-hydrogen) atoms. The molecule has 0 N–H and O–H groups in total. The molecule has 0 saturated carbocycles. The summed E-state index contributed by atoms with van der Waals surface area (Å²) in [4.78, 5) is 14.5. The Morgan fingerprint density at radius 1 is 0.680 bits per heavy atom. The van der Waals surface area contributed by atoms with Crippen LogP contribution in [0.5, 0.6) is 0 Å². The number of benzene rings is 2. The van der Waals surface area contributed by atoms with Crippen LogP contribution in [-0.2, 0) is 0 Å². The summed E-state index contributed by atoms with van der Waals surface area (Å²) in [6, 6.07) is 22.6. The fourth-order valence-corrected chi connectivity index (χ4v) is 3.69. The lowest BCUT2D eigenvalue weighted by Gasteiger charge is -2.09. The highest BCUT2D eigenvalue weighted by atomic mass is 15.0. The Balaban J connectivity index is 2.03. The van der Waals surface area contributed by atoms with E-state index in [-0.39, 0.29) is 0 Å². The first-order valence-electron chi connectivity index (χ1n) is 8.23. The van der Waals surface area contributed by atoms with E-state index in [0.29, 0.717) is 0 Å². The van der Waals surface area contributed by atoms with E-state index in [4.69, 9.17) is 9.97 Å². The maximum atomic E-state index is 4.95. The second-order valence-electron chi connectivity index (χ2n) is 6.21. The van der Waals surface area contributed by atoms with Crippen molar-refractivity contribution in [2.75, 3.05) is 0 Å². The number of hydrogen-bond donors (Lipinski definition) is 0. The molecule has 2 aromatic carbocycles. The number of rotatable bonds is 0. The standard InChI is InChI=1S/C21H12N4/c1-4-10-17-13(6-1)12-18-19-14(7-5-11-22-19)20-21(25(17)18)24-16-9-3-2-8-15(16)23-20/h1-12H. The first-order chi connectivity index (χ1) is 12.4. The van der Waals surface area contributed by atoms with E-state index in [1.165, 1.54) is 5.39 Å². The van der Waals surface area contributed by atoms with Gasteiger partial charge in [0, 0.05) is 17.0 Å². The maximum absolute atomic E-state index is 4.95. The number of aromatic nitrogens is 4. The topological polar surface area (TPSA) is 43.1 Å². The number of fused-ring (bicyclic) bond motifs is 9. The molecule has 0 unspecified atom stereocenters. The molecule has 4 nitrogen and oxygen atoms in total. The van der Waals surface area contributed by atoms with Crippen LogP contribution in [0.2, 0.25) is 0 Å². The van der Waals surface area contributed by atoms with Crippen LogP contribution in [0.1, 0.15) is 0 Å². The summed E-state index contributed by atoms with van der Waals surface area (Å²) < 4.78 is 2.18. The van der Waals surface area contributed by atoms with Crippen molar-refractivity contribution < 1.29 is 0 Å². The molecule has 6 aromatic rings. The highest BCUT2D eigenvalue weighted by molar-refractivity contribution is 6.12. The van der Waals surface area contributed by atoms with Gasteiger partial charge >= 0.3 is 0 Å². The minimum absolute atomic E-state index is 0.871. The van der Waals surface area contributed by atoms with E-state index in [1.807, 2.05) is 36.5 Å². The minimum Gasteiger partial charge on any atom is -0.290 e. The predicted octanol–water partition coefficient (Wildman–Crippen LogP) is 4.74. The summed E-state index contributed by atoms with van der Waals surface area (Å²) in [5.74, 6) is 0. The van der Waals surface area contributed by atoms with Gasteiger partial charge < -0.3 is 0 Å². The molecule has 0 spiro atoms. The maximum Gasteiger partial charge on any atom is 0.165 e. The second kappa shape index (κ2) is 4.51. The molecule has 0 aliphatic rings. The zero-order chi connectivity index (χ0) is 16.4. The van der Waals surface area contributed by atoms with Crippen molar-refractivity contribution >= 4 is 49.5 Å². The number of pyridine rings is 2. The molecule has 0 saturated heterocycles. The van der Waals surface area contributed by atoms with Gasteiger partial charge in [0.05, 0.1) is 27.6 Å². The molecule has 0 amide bonds. The van der Waals surface area contributed by atoms with Crippen LogP contribution in [0.4, 0.5) is 0 Å². The Morgan fingerprint density at radius 2 is 1.48 bits per heavy atom.